The van der Waals surface area contributed by atoms with Crippen molar-refractivity contribution >= 4 is 32.2 Å². The standard InChI is InChI=1S/2C18H15S.CHF3.H2O4S/c2*1-4-10-16(11-5-1)19(17-12-6-2-7-13-17)18-14-8-3-9-15-18;2-1(3)4;1-5(2,3)4/h2*1-15H;1H;(H2,1,2,3,4)/q2*+1;;/p-2. The highest BCUT2D eigenvalue weighted by atomic mass is 32.3. The molecule has 47 heavy (non-hydrogen) atoms. The minimum absolute atomic E-state index is 0.0146. The van der Waals surface area contributed by atoms with Gasteiger partial charge in [0.2, 0.25) is 0 Å². The molecule has 0 aliphatic rings. The Hall–Kier alpha value is -4.32. The van der Waals surface area contributed by atoms with E-state index >= 15 is 0 Å². The maximum absolute atomic E-state index is 9.67. The largest absolute Gasteiger partial charge is 0.759 e. The van der Waals surface area contributed by atoms with Crippen LogP contribution in [0.3, 0.4) is 0 Å². The Labute approximate surface area is 279 Å². The summed E-state index contributed by atoms with van der Waals surface area (Å²) in [5.41, 5.74) is 0. The summed E-state index contributed by atoms with van der Waals surface area (Å²) in [6.07, 6.45) is 0. The predicted molar refractivity (Wildman–Crippen MR) is 181 cm³/mol. The first kappa shape index (κ1) is 37.1. The van der Waals surface area contributed by atoms with Crippen molar-refractivity contribution in [2.24, 2.45) is 0 Å². The van der Waals surface area contributed by atoms with E-state index in [1.807, 2.05) is 0 Å². The third-order valence-electron chi connectivity index (χ3n) is 5.87. The van der Waals surface area contributed by atoms with Gasteiger partial charge in [0, 0.05) is 10.4 Å². The summed E-state index contributed by atoms with van der Waals surface area (Å²) in [6, 6.07) is 64.3. The van der Waals surface area contributed by atoms with E-state index in [4.69, 9.17) is 17.5 Å². The van der Waals surface area contributed by atoms with Gasteiger partial charge in [0.15, 0.2) is 29.4 Å². The van der Waals surface area contributed by atoms with Crippen LogP contribution in [-0.2, 0) is 32.2 Å². The molecule has 0 aliphatic carbocycles. The topological polar surface area (TPSA) is 80.3 Å². The molecule has 0 bridgehead atoms. The molecule has 0 atom stereocenters. The first-order chi connectivity index (χ1) is 22.6. The van der Waals surface area contributed by atoms with Gasteiger partial charge in [0.1, 0.15) is 0 Å². The Morgan fingerprint density at radius 1 is 0.362 bits per heavy atom. The molecular weight excluding hydrogens is 662 g/mol. The van der Waals surface area contributed by atoms with Gasteiger partial charge in [0.05, 0.1) is 21.8 Å². The van der Waals surface area contributed by atoms with Crippen molar-refractivity contribution < 1.29 is 30.7 Å². The van der Waals surface area contributed by atoms with Crippen molar-refractivity contribution in [1.82, 2.24) is 0 Å². The highest BCUT2D eigenvalue weighted by molar-refractivity contribution is 7.97. The molecule has 6 aromatic carbocycles. The number of alkyl halides is 3. The molecule has 6 rings (SSSR count). The lowest BCUT2D eigenvalue weighted by molar-refractivity contribution is 0.00818. The average molecular weight is 693 g/mol. The van der Waals surface area contributed by atoms with Crippen molar-refractivity contribution in [2.45, 2.75) is 36.1 Å². The Kier molecular flexibility index (Phi) is 15.8. The van der Waals surface area contributed by atoms with Gasteiger partial charge >= 0.3 is 6.68 Å². The van der Waals surface area contributed by atoms with E-state index in [-0.39, 0.29) is 21.8 Å². The predicted octanol–water partition coefficient (Wildman–Crippen LogP) is 9.40. The van der Waals surface area contributed by atoms with Gasteiger partial charge in [-0.1, -0.05) is 109 Å². The lowest BCUT2D eigenvalue weighted by Crippen LogP contribution is -2.04. The van der Waals surface area contributed by atoms with Crippen LogP contribution in [-0.4, -0.2) is 24.2 Å². The minimum Gasteiger partial charge on any atom is -0.759 e. The summed E-state index contributed by atoms with van der Waals surface area (Å²) in [6.45, 7) is -3.67. The van der Waals surface area contributed by atoms with E-state index in [9.17, 15) is 13.2 Å². The van der Waals surface area contributed by atoms with Gasteiger partial charge in [-0.15, -0.1) is 0 Å². The highest BCUT2D eigenvalue weighted by Crippen LogP contribution is 2.31. The van der Waals surface area contributed by atoms with Crippen molar-refractivity contribution in [2.75, 3.05) is 0 Å². The van der Waals surface area contributed by atoms with Gasteiger partial charge in [-0.2, -0.15) is 13.2 Å². The monoisotopic (exact) mass is 692 g/mol. The second kappa shape index (κ2) is 20.0. The highest BCUT2D eigenvalue weighted by Gasteiger charge is 2.28. The van der Waals surface area contributed by atoms with E-state index in [1.165, 1.54) is 29.4 Å². The Bertz CT molecular complexity index is 1470. The van der Waals surface area contributed by atoms with E-state index in [1.54, 1.807) is 0 Å². The number of hydrogen-bond donors (Lipinski definition) is 0. The molecule has 6 aromatic rings. The second-order valence-corrected chi connectivity index (χ2v) is 14.0. The van der Waals surface area contributed by atoms with E-state index < -0.39 is 17.1 Å². The summed E-state index contributed by atoms with van der Waals surface area (Å²) in [4.78, 5) is 8.17. The second-order valence-electron chi connectivity index (χ2n) is 9.15. The molecule has 0 unspecified atom stereocenters. The Balaban J connectivity index is 0.000000204. The fraction of sp³-hybridized carbons (Fsp3) is 0.0270. The summed E-state index contributed by atoms with van der Waals surface area (Å²) in [5.74, 6) is 0. The fourth-order valence-electron chi connectivity index (χ4n) is 4.16. The van der Waals surface area contributed by atoms with Gasteiger partial charge < -0.3 is 9.11 Å². The molecule has 0 saturated carbocycles. The molecule has 0 spiro atoms. The molecule has 10 heteroatoms. The van der Waals surface area contributed by atoms with Crippen LogP contribution in [0, 0.1) is 0 Å². The number of hydrogen-bond acceptors (Lipinski definition) is 4. The number of rotatable bonds is 6. The van der Waals surface area contributed by atoms with Crippen LogP contribution in [0.25, 0.3) is 0 Å². The molecule has 4 nitrogen and oxygen atoms in total. The molecule has 0 heterocycles. The zero-order chi connectivity index (χ0) is 33.9. The van der Waals surface area contributed by atoms with Crippen LogP contribution in [0.4, 0.5) is 13.2 Å². The zero-order valence-corrected chi connectivity index (χ0v) is 27.3. The maximum Gasteiger partial charge on any atom is 0.379 e. The maximum atomic E-state index is 9.67. The molecule has 0 aliphatic heterocycles. The Morgan fingerprint density at radius 2 is 0.468 bits per heavy atom. The fourth-order valence-corrected chi connectivity index (χ4v) is 8.36. The average Bonchev–Trinajstić information content (AvgIpc) is 3.07. The third kappa shape index (κ3) is 14.3. The summed E-state index contributed by atoms with van der Waals surface area (Å²) in [5, 5.41) is 0. The van der Waals surface area contributed by atoms with E-state index in [0.717, 1.165) is 0 Å². The van der Waals surface area contributed by atoms with Gasteiger partial charge in [0.25, 0.3) is 0 Å². The summed E-state index contributed by atoms with van der Waals surface area (Å²) in [7, 11) is -5.20. The molecule has 0 N–H and O–H groups in total. The van der Waals surface area contributed by atoms with E-state index in [0.29, 0.717) is 0 Å². The normalized spacial score (nSPS) is 10.6. The van der Waals surface area contributed by atoms with Crippen LogP contribution in [0.1, 0.15) is 0 Å². The zero-order valence-electron chi connectivity index (χ0n) is 24.9. The van der Waals surface area contributed by atoms with Gasteiger partial charge in [-0.3, -0.25) is 8.42 Å². The molecule has 0 radical (unpaired) electrons. The van der Waals surface area contributed by atoms with Crippen molar-refractivity contribution in [3.8, 4) is 0 Å². The Morgan fingerprint density at radius 3 is 0.574 bits per heavy atom. The summed E-state index contributed by atoms with van der Waals surface area (Å²) >= 11 is 0. The molecular formula is C37H31F3O4S3. The van der Waals surface area contributed by atoms with Crippen molar-refractivity contribution in [1.29, 1.82) is 0 Å². The number of benzene rings is 6. The first-order valence-corrected chi connectivity index (χ1v) is 17.8. The smallest absolute Gasteiger partial charge is 0.379 e. The van der Waals surface area contributed by atoms with E-state index in [2.05, 4.69) is 182 Å². The number of halogens is 3. The summed E-state index contributed by atoms with van der Waals surface area (Å²) < 4.78 is 63.1. The van der Waals surface area contributed by atoms with Crippen LogP contribution < -0.4 is 0 Å². The van der Waals surface area contributed by atoms with Crippen molar-refractivity contribution in [3.63, 3.8) is 0 Å². The van der Waals surface area contributed by atoms with Crippen LogP contribution in [0.15, 0.2) is 211 Å². The first-order valence-electron chi connectivity index (χ1n) is 14.0. The quantitative estimate of drug-likeness (QED) is 0.0990. The SMILES string of the molecule is FC(F)F.O=S(=O)([O-])[O-].c1ccc([S+](c2ccccc2)c2ccccc2)cc1.c1ccc([S+](c2ccccc2)c2ccccc2)cc1. The molecule has 0 fully saturated rings. The van der Waals surface area contributed by atoms with Crippen LogP contribution in [0.2, 0.25) is 0 Å². The molecule has 242 valence electrons. The van der Waals surface area contributed by atoms with Crippen LogP contribution in [0.5, 0.6) is 0 Å². The van der Waals surface area contributed by atoms with Gasteiger partial charge in [-0.05, 0) is 72.8 Å². The lowest BCUT2D eigenvalue weighted by Gasteiger charge is -2.07. The van der Waals surface area contributed by atoms with Gasteiger partial charge in [-0.25, -0.2) is 0 Å². The third-order valence-corrected chi connectivity index (χ3v) is 10.3. The van der Waals surface area contributed by atoms with Crippen LogP contribution >= 0.6 is 0 Å². The molecule has 0 aromatic heterocycles. The lowest BCUT2D eigenvalue weighted by atomic mass is 10.4. The minimum atomic E-state index is -5.17. The molecule has 0 saturated heterocycles. The molecule has 0 amide bonds. The van der Waals surface area contributed by atoms with Crippen molar-refractivity contribution in [3.05, 3.63) is 182 Å².